The summed E-state index contributed by atoms with van der Waals surface area (Å²) >= 11 is 0. The third-order valence-electron chi connectivity index (χ3n) is 2.80. The van der Waals surface area contributed by atoms with E-state index in [0.717, 1.165) is 24.4 Å². The van der Waals surface area contributed by atoms with Crippen molar-refractivity contribution in [2.45, 2.75) is 47.1 Å². The van der Waals surface area contributed by atoms with Gasteiger partial charge in [-0.15, -0.1) is 0 Å². The van der Waals surface area contributed by atoms with Crippen molar-refractivity contribution < 1.29 is 4.79 Å². The Balaban J connectivity index is 2.75. The van der Waals surface area contributed by atoms with Gasteiger partial charge in [-0.05, 0) is 26.3 Å². The summed E-state index contributed by atoms with van der Waals surface area (Å²) in [6, 6.07) is 2.00. The molecular weight excluding hydrogens is 188 g/mol. The molecule has 0 saturated heterocycles. The molecule has 1 aromatic heterocycles. The molecule has 0 bridgehead atoms. The highest BCUT2D eigenvalue weighted by atomic mass is 16.1. The Bertz CT molecular complexity index is 341. The minimum absolute atomic E-state index is 0.158. The molecule has 3 heteroatoms. The molecule has 3 nitrogen and oxygen atoms in total. The van der Waals surface area contributed by atoms with E-state index < -0.39 is 0 Å². The van der Waals surface area contributed by atoms with E-state index in [1.807, 2.05) is 38.4 Å². The lowest BCUT2D eigenvalue weighted by molar-refractivity contribution is -0.121. The van der Waals surface area contributed by atoms with Gasteiger partial charge in [0, 0.05) is 24.6 Å². The summed E-state index contributed by atoms with van der Waals surface area (Å²) in [6.07, 6.45) is 1.43. The zero-order valence-electron chi connectivity index (χ0n) is 10.1. The Morgan fingerprint density at radius 1 is 1.53 bits per heavy atom. The van der Waals surface area contributed by atoms with Gasteiger partial charge in [-0.1, -0.05) is 13.8 Å². The SMILES string of the molecule is CCC(C)C(=O)Cc1cc(C)nn1CC. The molecule has 0 spiro atoms. The minimum atomic E-state index is 0.158. The lowest BCUT2D eigenvalue weighted by atomic mass is 10.00. The van der Waals surface area contributed by atoms with E-state index in [1.54, 1.807) is 0 Å². The molecule has 0 aliphatic heterocycles. The van der Waals surface area contributed by atoms with Crippen LogP contribution in [-0.4, -0.2) is 15.6 Å². The van der Waals surface area contributed by atoms with E-state index in [0.29, 0.717) is 12.2 Å². The summed E-state index contributed by atoms with van der Waals surface area (Å²) < 4.78 is 1.91. The number of ketones is 1. The summed E-state index contributed by atoms with van der Waals surface area (Å²) in [7, 11) is 0. The maximum atomic E-state index is 11.8. The van der Waals surface area contributed by atoms with Crippen LogP contribution >= 0.6 is 0 Å². The largest absolute Gasteiger partial charge is 0.299 e. The van der Waals surface area contributed by atoms with Gasteiger partial charge in [0.1, 0.15) is 5.78 Å². The molecule has 1 atom stereocenters. The topological polar surface area (TPSA) is 34.9 Å². The molecule has 0 fully saturated rings. The van der Waals surface area contributed by atoms with E-state index in [9.17, 15) is 4.79 Å². The van der Waals surface area contributed by atoms with Crippen LogP contribution in [0.1, 0.15) is 38.6 Å². The normalized spacial score (nSPS) is 12.8. The standard InChI is InChI=1S/C12H20N2O/c1-5-9(3)12(15)8-11-7-10(4)13-14(11)6-2/h7,9H,5-6,8H2,1-4H3. The second-order valence-electron chi connectivity index (χ2n) is 4.05. The molecule has 0 saturated carbocycles. The Labute approximate surface area is 91.5 Å². The molecule has 0 aliphatic carbocycles. The van der Waals surface area contributed by atoms with Gasteiger partial charge >= 0.3 is 0 Å². The number of hydrogen-bond donors (Lipinski definition) is 0. The number of nitrogens with zero attached hydrogens (tertiary/aromatic N) is 2. The highest BCUT2D eigenvalue weighted by molar-refractivity contribution is 5.82. The molecule has 1 heterocycles. The molecule has 0 aromatic carbocycles. The Kier molecular flexibility index (Phi) is 4.06. The summed E-state index contributed by atoms with van der Waals surface area (Å²) in [4.78, 5) is 11.8. The number of aryl methyl sites for hydroxylation is 2. The predicted molar refractivity (Wildman–Crippen MR) is 60.8 cm³/mol. The summed E-state index contributed by atoms with van der Waals surface area (Å²) in [5, 5.41) is 4.33. The zero-order chi connectivity index (χ0) is 11.4. The molecule has 1 rings (SSSR count). The maximum absolute atomic E-state index is 11.8. The third-order valence-corrected chi connectivity index (χ3v) is 2.80. The smallest absolute Gasteiger partial charge is 0.141 e. The molecule has 15 heavy (non-hydrogen) atoms. The quantitative estimate of drug-likeness (QED) is 0.744. The van der Waals surface area contributed by atoms with Gasteiger partial charge in [-0.2, -0.15) is 5.10 Å². The molecular formula is C12H20N2O. The van der Waals surface area contributed by atoms with Crippen LogP contribution in [0.4, 0.5) is 0 Å². The number of Topliss-reactive ketones (excluding diaryl/α,β-unsaturated/α-hetero) is 1. The van der Waals surface area contributed by atoms with Crippen LogP contribution < -0.4 is 0 Å². The van der Waals surface area contributed by atoms with Crippen LogP contribution in [0.2, 0.25) is 0 Å². The van der Waals surface area contributed by atoms with E-state index in [-0.39, 0.29) is 5.92 Å². The van der Waals surface area contributed by atoms with Crippen molar-refractivity contribution in [3.63, 3.8) is 0 Å². The minimum Gasteiger partial charge on any atom is -0.299 e. The van der Waals surface area contributed by atoms with Gasteiger partial charge in [-0.25, -0.2) is 0 Å². The van der Waals surface area contributed by atoms with Gasteiger partial charge in [0.05, 0.1) is 5.69 Å². The van der Waals surface area contributed by atoms with Gasteiger partial charge in [-0.3, -0.25) is 9.48 Å². The van der Waals surface area contributed by atoms with Crippen LogP contribution in [0, 0.1) is 12.8 Å². The van der Waals surface area contributed by atoms with Crippen molar-refractivity contribution >= 4 is 5.78 Å². The van der Waals surface area contributed by atoms with Gasteiger partial charge < -0.3 is 0 Å². The number of carbonyl (C=O) groups is 1. The maximum Gasteiger partial charge on any atom is 0.141 e. The average molecular weight is 208 g/mol. The van der Waals surface area contributed by atoms with Crippen LogP contribution in [0.3, 0.4) is 0 Å². The Morgan fingerprint density at radius 3 is 2.73 bits per heavy atom. The fourth-order valence-electron chi connectivity index (χ4n) is 1.60. The third kappa shape index (κ3) is 2.91. The first kappa shape index (κ1) is 12.0. The summed E-state index contributed by atoms with van der Waals surface area (Å²) in [5.41, 5.74) is 2.03. The Hall–Kier alpha value is -1.12. The van der Waals surface area contributed by atoms with Crippen LogP contribution in [0.5, 0.6) is 0 Å². The molecule has 0 aliphatic rings. The first-order chi connectivity index (χ1) is 7.08. The lowest BCUT2D eigenvalue weighted by Gasteiger charge is -2.08. The van der Waals surface area contributed by atoms with Crippen molar-refractivity contribution in [3.05, 3.63) is 17.5 Å². The molecule has 1 aromatic rings. The van der Waals surface area contributed by atoms with Crippen LogP contribution in [0.25, 0.3) is 0 Å². The molecule has 0 N–H and O–H groups in total. The number of aromatic nitrogens is 2. The van der Waals surface area contributed by atoms with Gasteiger partial charge in [0.15, 0.2) is 0 Å². The number of hydrogen-bond acceptors (Lipinski definition) is 2. The van der Waals surface area contributed by atoms with Crippen LogP contribution in [0.15, 0.2) is 6.07 Å². The highest BCUT2D eigenvalue weighted by Crippen LogP contribution is 2.10. The second-order valence-corrected chi connectivity index (χ2v) is 4.05. The molecule has 0 radical (unpaired) electrons. The zero-order valence-corrected chi connectivity index (χ0v) is 10.1. The average Bonchev–Trinajstić information content (AvgIpc) is 2.57. The fraction of sp³-hybridized carbons (Fsp3) is 0.667. The molecule has 0 amide bonds. The Morgan fingerprint density at radius 2 is 2.20 bits per heavy atom. The van der Waals surface area contributed by atoms with Crippen molar-refractivity contribution in [3.8, 4) is 0 Å². The predicted octanol–water partition coefficient (Wildman–Crippen LogP) is 2.37. The van der Waals surface area contributed by atoms with Crippen LogP contribution in [-0.2, 0) is 17.8 Å². The van der Waals surface area contributed by atoms with Gasteiger partial charge in [0.2, 0.25) is 0 Å². The van der Waals surface area contributed by atoms with Crippen molar-refractivity contribution in [1.29, 1.82) is 0 Å². The summed E-state index contributed by atoms with van der Waals surface area (Å²) in [6.45, 7) is 8.87. The van der Waals surface area contributed by atoms with E-state index in [4.69, 9.17) is 0 Å². The number of rotatable bonds is 5. The second kappa shape index (κ2) is 5.10. The summed E-state index contributed by atoms with van der Waals surface area (Å²) in [5.74, 6) is 0.470. The van der Waals surface area contributed by atoms with E-state index in [2.05, 4.69) is 5.10 Å². The fourth-order valence-corrected chi connectivity index (χ4v) is 1.60. The molecule has 84 valence electrons. The monoisotopic (exact) mass is 208 g/mol. The number of carbonyl (C=O) groups excluding carboxylic acids is 1. The van der Waals surface area contributed by atoms with Crippen molar-refractivity contribution in [2.24, 2.45) is 5.92 Å². The molecule has 1 unspecified atom stereocenters. The first-order valence-corrected chi connectivity index (χ1v) is 5.64. The highest BCUT2D eigenvalue weighted by Gasteiger charge is 2.14. The van der Waals surface area contributed by atoms with Gasteiger partial charge in [0.25, 0.3) is 0 Å². The van der Waals surface area contributed by atoms with Crippen molar-refractivity contribution in [2.75, 3.05) is 0 Å². The lowest BCUT2D eigenvalue weighted by Crippen LogP contribution is -2.15. The first-order valence-electron chi connectivity index (χ1n) is 5.64. The van der Waals surface area contributed by atoms with E-state index >= 15 is 0 Å². The van der Waals surface area contributed by atoms with E-state index in [1.165, 1.54) is 0 Å². The van der Waals surface area contributed by atoms with Crippen molar-refractivity contribution in [1.82, 2.24) is 9.78 Å².